The minimum atomic E-state index is -0.256. The Morgan fingerprint density at radius 1 is 1.19 bits per heavy atom. The second-order valence-corrected chi connectivity index (χ2v) is 5.47. The van der Waals surface area contributed by atoms with Gasteiger partial charge in [0.15, 0.2) is 5.13 Å². The lowest BCUT2D eigenvalue weighted by Crippen LogP contribution is -2.11. The summed E-state index contributed by atoms with van der Waals surface area (Å²) in [6.07, 6.45) is 1.49. The van der Waals surface area contributed by atoms with E-state index < -0.39 is 0 Å². The minimum absolute atomic E-state index is 0.256. The van der Waals surface area contributed by atoms with Gasteiger partial charge in [0.1, 0.15) is 5.15 Å². The van der Waals surface area contributed by atoms with Gasteiger partial charge in [-0.15, -0.1) is 11.3 Å². The first-order valence-corrected chi connectivity index (χ1v) is 7.42. The lowest BCUT2D eigenvalue weighted by Gasteiger charge is -2.01. The summed E-state index contributed by atoms with van der Waals surface area (Å²) in [5.41, 5.74) is 2.30. The van der Waals surface area contributed by atoms with Crippen molar-refractivity contribution in [1.29, 1.82) is 0 Å². The van der Waals surface area contributed by atoms with E-state index in [-0.39, 0.29) is 11.1 Å². The maximum absolute atomic E-state index is 12.1. The van der Waals surface area contributed by atoms with Crippen molar-refractivity contribution in [2.45, 2.75) is 0 Å². The Kier molecular flexibility index (Phi) is 3.94. The second-order valence-electron chi connectivity index (χ2n) is 4.23. The lowest BCUT2D eigenvalue weighted by atomic mass is 10.2. The molecule has 21 heavy (non-hydrogen) atoms. The molecular weight excluding hydrogens is 306 g/mol. The van der Waals surface area contributed by atoms with E-state index >= 15 is 0 Å². The smallest absolute Gasteiger partial charge is 0.257 e. The highest BCUT2D eigenvalue weighted by Crippen LogP contribution is 2.25. The molecule has 1 amide bonds. The Hall–Kier alpha value is -2.24. The van der Waals surface area contributed by atoms with Gasteiger partial charge in [0.25, 0.3) is 5.91 Å². The van der Waals surface area contributed by atoms with Gasteiger partial charge in [0, 0.05) is 22.7 Å². The number of nitrogens with zero attached hydrogens (tertiary/aromatic N) is 2. The van der Waals surface area contributed by atoms with Gasteiger partial charge in [-0.05, 0) is 12.1 Å². The van der Waals surface area contributed by atoms with Gasteiger partial charge in [-0.2, -0.15) is 0 Å². The van der Waals surface area contributed by atoms with E-state index in [0.29, 0.717) is 10.7 Å². The molecule has 0 saturated carbocycles. The first-order valence-electron chi connectivity index (χ1n) is 6.16. The molecule has 0 spiro atoms. The molecule has 2 heterocycles. The Morgan fingerprint density at radius 2 is 2.00 bits per heavy atom. The second kappa shape index (κ2) is 6.03. The Morgan fingerprint density at radius 3 is 2.76 bits per heavy atom. The fourth-order valence-electron chi connectivity index (χ4n) is 1.79. The zero-order valence-corrected chi connectivity index (χ0v) is 12.4. The van der Waals surface area contributed by atoms with Crippen molar-refractivity contribution in [3.05, 3.63) is 64.8 Å². The molecule has 0 unspecified atom stereocenters. The average molecular weight is 316 g/mol. The molecule has 3 aromatic rings. The molecule has 104 valence electrons. The number of benzene rings is 1. The van der Waals surface area contributed by atoms with Crippen molar-refractivity contribution < 1.29 is 4.79 Å². The molecule has 0 aliphatic carbocycles. The number of carbonyl (C=O) groups is 1. The van der Waals surface area contributed by atoms with Crippen LogP contribution in [0.15, 0.2) is 54.0 Å². The summed E-state index contributed by atoms with van der Waals surface area (Å²) in [5, 5.41) is 5.50. The summed E-state index contributed by atoms with van der Waals surface area (Å²) in [6.45, 7) is 0. The predicted molar refractivity (Wildman–Crippen MR) is 84.8 cm³/mol. The van der Waals surface area contributed by atoms with Crippen LogP contribution in [0.1, 0.15) is 10.4 Å². The zero-order chi connectivity index (χ0) is 14.7. The highest BCUT2D eigenvalue weighted by molar-refractivity contribution is 7.14. The summed E-state index contributed by atoms with van der Waals surface area (Å²) in [7, 11) is 0. The molecule has 1 aromatic carbocycles. The monoisotopic (exact) mass is 315 g/mol. The Bertz CT molecular complexity index is 773. The third kappa shape index (κ3) is 3.26. The van der Waals surface area contributed by atoms with E-state index in [1.54, 1.807) is 6.07 Å². The summed E-state index contributed by atoms with van der Waals surface area (Å²) in [4.78, 5) is 20.3. The van der Waals surface area contributed by atoms with Crippen LogP contribution < -0.4 is 5.32 Å². The molecule has 0 aliphatic heterocycles. The van der Waals surface area contributed by atoms with Crippen LogP contribution in [-0.4, -0.2) is 15.9 Å². The van der Waals surface area contributed by atoms with Crippen molar-refractivity contribution in [3.8, 4) is 11.3 Å². The number of hydrogen-bond acceptors (Lipinski definition) is 4. The highest BCUT2D eigenvalue weighted by atomic mass is 35.5. The molecule has 3 rings (SSSR count). The third-order valence-corrected chi connectivity index (χ3v) is 3.75. The van der Waals surface area contributed by atoms with Gasteiger partial charge in [-0.25, -0.2) is 9.97 Å². The predicted octanol–water partition coefficient (Wildman–Crippen LogP) is 4.11. The number of rotatable bonds is 3. The number of thiazole rings is 1. The van der Waals surface area contributed by atoms with Crippen molar-refractivity contribution in [2.24, 2.45) is 0 Å². The third-order valence-electron chi connectivity index (χ3n) is 2.78. The van der Waals surface area contributed by atoms with E-state index in [1.807, 2.05) is 35.7 Å². The van der Waals surface area contributed by atoms with Gasteiger partial charge in [0.2, 0.25) is 0 Å². The molecule has 0 bridgehead atoms. The quantitative estimate of drug-likeness (QED) is 0.740. The van der Waals surface area contributed by atoms with Crippen LogP contribution in [0, 0.1) is 0 Å². The number of pyridine rings is 1. The molecule has 6 heteroatoms. The molecule has 0 fully saturated rings. The number of nitrogens with one attached hydrogen (secondary N) is 1. The number of hydrogen-bond donors (Lipinski definition) is 1. The van der Waals surface area contributed by atoms with E-state index in [0.717, 1.165) is 11.3 Å². The average Bonchev–Trinajstić information content (AvgIpc) is 2.97. The topological polar surface area (TPSA) is 54.9 Å². The van der Waals surface area contributed by atoms with Crippen molar-refractivity contribution >= 4 is 34.0 Å². The van der Waals surface area contributed by atoms with E-state index in [9.17, 15) is 4.79 Å². The molecular formula is C15H10ClN3OS. The van der Waals surface area contributed by atoms with Crippen LogP contribution in [0.25, 0.3) is 11.3 Å². The first kappa shape index (κ1) is 13.7. The number of halogens is 1. The summed E-state index contributed by atoms with van der Waals surface area (Å²) in [6, 6.07) is 12.9. The molecule has 4 nitrogen and oxygen atoms in total. The zero-order valence-electron chi connectivity index (χ0n) is 10.8. The highest BCUT2D eigenvalue weighted by Gasteiger charge is 2.10. The fraction of sp³-hybridized carbons (Fsp3) is 0. The SMILES string of the molecule is O=C(Nc1nc(-c2ccccc2)cs1)c1ccnc(Cl)c1. The van der Waals surface area contributed by atoms with Gasteiger partial charge < -0.3 is 0 Å². The number of amides is 1. The van der Waals surface area contributed by atoms with Gasteiger partial charge in [-0.1, -0.05) is 41.9 Å². The fourth-order valence-corrected chi connectivity index (χ4v) is 2.67. The summed E-state index contributed by atoms with van der Waals surface area (Å²) < 4.78 is 0. The summed E-state index contributed by atoms with van der Waals surface area (Å²) >= 11 is 7.15. The van der Waals surface area contributed by atoms with Gasteiger partial charge in [0.05, 0.1) is 5.69 Å². The molecule has 0 atom stereocenters. The van der Waals surface area contributed by atoms with E-state index in [4.69, 9.17) is 11.6 Å². The van der Waals surface area contributed by atoms with Crippen molar-refractivity contribution in [2.75, 3.05) is 5.32 Å². The van der Waals surface area contributed by atoms with Gasteiger partial charge in [-0.3, -0.25) is 10.1 Å². The van der Waals surface area contributed by atoms with Crippen LogP contribution in [0.5, 0.6) is 0 Å². The Labute approximate surface area is 130 Å². The van der Waals surface area contributed by atoms with Crippen LogP contribution in [0.2, 0.25) is 5.15 Å². The molecule has 0 radical (unpaired) electrons. The van der Waals surface area contributed by atoms with Crippen molar-refractivity contribution in [1.82, 2.24) is 9.97 Å². The van der Waals surface area contributed by atoms with Crippen molar-refractivity contribution in [3.63, 3.8) is 0 Å². The number of aromatic nitrogens is 2. The largest absolute Gasteiger partial charge is 0.298 e. The standard InChI is InChI=1S/C15H10ClN3OS/c16-13-8-11(6-7-17-13)14(20)19-15-18-12(9-21-15)10-4-2-1-3-5-10/h1-9H,(H,18,19,20). The van der Waals surface area contributed by atoms with Gasteiger partial charge >= 0.3 is 0 Å². The van der Waals surface area contributed by atoms with Crippen LogP contribution in [0.3, 0.4) is 0 Å². The van der Waals surface area contributed by atoms with Crippen LogP contribution in [0.4, 0.5) is 5.13 Å². The first-order chi connectivity index (χ1) is 10.2. The number of carbonyl (C=O) groups excluding carboxylic acids is 1. The number of anilines is 1. The molecule has 0 saturated heterocycles. The minimum Gasteiger partial charge on any atom is -0.298 e. The maximum Gasteiger partial charge on any atom is 0.257 e. The van der Waals surface area contributed by atoms with Crippen LogP contribution in [-0.2, 0) is 0 Å². The molecule has 2 aromatic heterocycles. The maximum atomic E-state index is 12.1. The van der Waals surface area contributed by atoms with E-state index in [2.05, 4.69) is 15.3 Å². The van der Waals surface area contributed by atoms with Crippen LogP contribution >= 0.6 is 22.9 Å². The molecule has 0 aliphatic rings. The normalized spacial score (nSPS) is 10.3. The summed E-state index contributed by atoms with van der Waals surface area (Å²) in [5.74, 6) is -0.256. The molecule has 1 N–H and O–H groups in total. The van der Waals surface area contributed by atoms with E-state index in [1.165, 1.54) is 23.6 Å². The lowest BCUT2D eigenvalue weighted by molar-refractivity contribution is 0.102. The Balaban J connectivity index is 1.77.